The zero-order chi connectivity index (χ0) is 23.0. The first-order chi connectivity index (χ1) is 15.3. The monoisotopic (exact) mass is 445 g/mol. The van der Waals surface area contributed by atoms with Crippen LogP contribution in [0.3, 0.4) is 0 Å². The normalized spacial score (nSPS) is 17.9. The summed E-state index contributed by atoms with van der Waals surface area (Å²) in [5.41, 5.74) is 3.81. The first-order valence-electron chi connectivity index (χ1n) is 10.5. The molecule has 0 saturated carbocycles. The summed E-state index contributed by atoms with van der Waals surface area (Å²) in [6.45, 7) is 6.08. The first-order valence-corrected chi connectivity index (χ1v) is 10.9. The minimum Gasteiger partial charge on any atom is -0.507 e. The molecule has 1 aliphatic rings. The molecule has 5 heteroatoms. The van der Waals surface area contributed by atoms with Crippen molar-refractivity contribution in [3.63, 3.8) is 0 Å². The molecule has 1 fully saturated rings. The molecule has 1 heterocycles. The highest BCUT2D eigenvalue weighted by Gasteiger charge is 2.47. The van der Waals surface area contributed by atoms with Gasteiger partial charge in [0.2, 0.25) is 0 Å². The molecule has 162 valence electrons. The van der Waals surface area contributed by atoms with Gasteiger partial charge in [0.1, 0.15) is 5.76 Å². The van der Waals surface area contributed by atoms with E-state index in [0.717, 1.165) is 16.7 Å². The van der Waals surface area contributed by atoms with Crippen molar-refractivity contribution in [2.24, 2.45) is 0 Å². The molecule has 0 bridgehead atoms. The summed E-state index contributed by atoms with van der Waals surface area (Å²) in [6.07, 6.45) is 0. The Morgan fingerprint density at radius 2 is 1.62 bits per heavy atom. The van der Waals surface area contributed by atoms with Crippen molar-refractivity contribution in [2.45, 2.75) is 32.7 Å². The number of carbonyl (C=O) groups excluding carboxylic acids is 2. The fraction of sp³-hybridized carbons (Fsp3) is 0.185. The third-order valence-electron chi connectivity index (χ3n) is 5.84. The van der Waals surface area contributed by atoms with E-state index >= 15 is 0 Å². The summed E-state index contributed by atoms with van der Waals surface area (Å²) >= 11 is 6.34. The Balaban J connectivity index is 1.93. The van der Waals surface area contributed by atoms with Gasteiger partial charge in [-0.15, -0.1) is 0 Å². The molecule has 0 unspecified atom stereocenters. The van der Waals surface area contributed by atoms with E-state index in [9.17, 15) is 14.7 Å². The van der Waals surface area contributed by atoms with Crippen LogP contribution >= 0.6 is 11.6 Å². The van der Waals surface area contributed by atoms with Crippen LogP contribution in [0.5, 0.6) is 0 Å². The molecule has 1 N–H and O–H groups in total. The van der Waals surface area contributed by atoms with Crippen LogP contribution in [0.1, 0.15) is 48.1 Å². The number of amides is 1. The number of carbonyl (C=O) groups is 2. The van der Waals surface area contributed by atoms with Crippen molar-refractivity contribution in [1.29, 1.82) is 0 Å². The van der Waals surface area contributed by atoms with Crippen molar-refractivity contribution in [2.75, 3.05) is 4.90 Å². The van der Waals surface area contributed by atoms with Gasteiger partial charge in [0.15, 0.2) is 0 Å². The highest BCUT2D eigenvalue weighted by Crippen LogP contribution is 2.43. The number of aryl methyl sites for hydroxylation is 1. The molecule has 3 aromatic rings. The largest absolute Gasteiger partial charge is 0.507 e. The van der Waals surface area contributed by atoms with Gasteiger partial charge in [0.25, 0.3) is 11.7 Å². The second-order valence-corrected chi connectivity index (χ2v) is 8.70. The summed E-state index contributed by atoms with van der Waals surface area (Å²) in [5, 5.41) is 11.6. The van der Waals surface area contributed by atoms with Crippen LogP contribution < -0.4 is 4.90 Å². The van der Waals surface area contributed by atoms with E-state index < -0.39 is 17.7 Å². The molecule has 4 rings (SSSR count). The predicted molar refractivity (Wildman–Crippen MR) is 128 cm³/mol. The molecular formula is C27H24ClNO3. The third kappa shape index (κ3) is 3.82. The predicted octanol–water partition coefficient (Wildman–Crippen LogP) is 6.40. The van der Waals surface area contributed by atoms with Crippen molar-refractivity contribution >= 4 is 34.7 Å². The van der Waals surface area contributed by atoms with Gasteiger partial charge in [0, 0.05) is 16.3 Å². The third-order valence-corrected chi connectivity index (χ3v) is 6.25. The van der Waals surface area contributed by atoms with Crippen LogP contribution in [0.2, 0.25) is 5.02 Å². The number of halogens is 1. The van der Waals surface area contributed by atoms with Gasteiger partial charge in [0.05, 0.1) is 11.6 Å². The van der Waals surface area contributed by atoms with E-state index in [1.165, 1.54) is 4.90 Å². The second-order valence-electron chi connectivity index (χ2n) is 8.29. The lowest BCUT2D eigenvalue weighted by molar-refractivity contribution is -0.132. The number of hydrogen-bond acceptors (Lipinski definition) is 3. The van der Waals surface area contributed by atoms with Gasteiger partial charge < -0.3 is 5.11 Å². The molecule has 0 aromatic heterocycles. The topological polar surface area (TPSA) is 57.6 Å². The van der Waals surface area contributed by atoms with E-state index in [2.05, 4.69) is 13.8 Å². The standard InChI is InChI=1S/C27H24ClNO3/c1-16(2)18-10-12-19(13-11-18)24-23(25(30)20-7-5-4-6-8-20)26(31)27(32)29(24)21-14-9-17(3)22(28)15-21/h4-16,24,30H,1-3H3/t24-/m0/s1. The Kier molecular flexibility index (Phi) is 5.90. The van der Waals surface area contributed by atoms with Crippen molar-refractivity contribution in [3.05, 3.63) is 106 Å². The molecule has 0 spiro atoms. The Morgan fingerprint density at radius 3 is 2.22 bits per heavy atom. The summed E-state index contributed by atoms with van der Waals surface area (Å²) in [5.74, 6) is -1.26. The maximum Gasteiger partial charge on any atom is 0.300 e. The smallest absolute Gasteiger partial charge is 0.300 e. The lowest BCUT2D eigenvalue weighted by atomic mass is 9.93. The van der Waals surface area contributed by atoms with E-state index in [-0.39, 0.29) is 11.3 Å². The number of Topliss-reactive ketones (excluding diaryl/α,β-unsaturated/α-hetero) is 1. The summed E-state index contributed by atoms with van der Waals surface area (Å²) in [6, 6.07) is 21.1. The average molecular weight is 446 g/mol. The van der Waals surface area contributed by atoms with Gasteiger partial charge in [-0.3, -0.25) is 14.5 Å². The zero-order valence-electron chi connectivity index (χ0n) is 18.2. The summed E-state index contributed by atoms with van der Waals surface area (Å²) < 4.78 is 0. The number of benzene rings is 3. The van der Waals surface area contributed by atoms with E-state index in [4.69, 9.17) is 11.6 Å². The van der Waals surface area contributed by atoms with E-state index in [1.54, 1.807) is 36.4 Å². The Morgan fingerprint density at radius 1 is 0.969 bits per heavy atom. The van der Waals surface area contributed by atoms with Crippen LogP contribution in [0.25, 0.3) is 5.76 Å². The first kappa shape index (κ1) is 21.8. The number of nitrogens with zero attached hydrogens (tertiary/aromatic N) is 1. The van der Waals surface area contributed by atoms with Gasteiger partial charge in [-0.05, 0) is 41.7 Å². The van der Waals surface area contributed by atoms with Crippen molar-refractivity contribution < 1.29 is 14.7 Å². The molecule has 1 aliphatic heterocycles. The van der Waals surface area contributed by atoms with Crippen LogP contribution in [0, 0.1) is 6.92 Å². The molecule has 1 amide bonds. The minimum absolute atomic E-state index is 0.0650. The van der Waals surface area contributed by atoms with Crippen LogP contribution in [0.15, 0.2) is 78.4 Å². The lowest BCUT2D eigenvalue weighted by Gasteiger charge is -2.26. The fourth-order valence-corrected chi connectivity index (χ4v) is 4.14. The maximum atomic E-state index is 13.2. The molecular weight excluding hydrogens is 422 g/mol. The summed E-state index contributed by atoms with van der Waals surface area (Å²) in [4.78, 5) is 27.8. The summed E-state index contributed by atoms with van der Waals surface area (Å²) in [7, 11) is 0. The Labute approximate surface area is 192 Å². The highest BCUT2D eigenvalue weighted by atomic mass is 35.5. The molecule has 32 heavy (non-hydrogen) atoms. The highest BCUT2D eigenvalue weighted by molar-refractivity contribution is 6.51. The van der Waals surface area contributed by atoms with Gasteiger partial charge in [-0.1, -0.05) is 86.1 Å². The number of aliphatic hydroxyl groups excluding tert-OH is 1. The maximum absolute atomic E-state index is 13.2. The average Bonchev–Trinajstić information content (AvgIpc) is 3.06. The Hall–Kier alpha value is -3.37. The van der Waals surface area contributed by atoms with E-state index in [1.807, 2.05) is 43.3 Å². The van der Waals surface area contributed by atoms with Gasteiger partial charge >= 0.3 is 0 Å². The van der Waals surface area contributed by atoms with Crippen LogP contribution in [0.4, 0.5) is 5.69 Å². The number of hydrogen-bond donors (Lipinski definition) is 1. The van der Waals surface area contributed by atoms with Crippen molar-refractivity contribution in [3.8, 4) is 0 Å². The molecule has 0 aliphatic carbocycles. The SMILES string of the molecule is Cc1ccc(N2C(=O)C(=O)C(=C(O)c3ccccc3)[C@@H]2c2ccc(C(C)C)cc2)cc1Cl. The van der Waals surface area contributed by atoms with E-state index in [0.29, 0.717) is 22.2 Å². The number of aliphatic hydroxyl groups is 1. The molecule has 4 nitrogen and oxygen atoms in total. The van der Waals surface area contributed by atoms with Gasteiger partial charge in [-0.2, -0.15) is 0 Å². The number of anilines is 1. The lowest BCUT2D eigenvalue weighted by Crippen LogP contribution is -2.29. The molecule has 3 aromatic carbocycles. The van der Waals surface area contributed by atoms with Gasteiger partial charge in [-0.25, -0.2) is 0 Å². The van der Waals surface area contributed by atoms with Crippen molar-refractivity contribution in [1.82, 2.24) is 0 Å². The zero-order valence-corrected chi connectivity index (χ0v) is 18.9. The van der Waals surface area contributed by atoms with Crippen LogP contribution in [-0.4, -0.2) is 16.8 Å². The Bertz CT molecular complexity index is 1210. The quantitative estimate of drug-likeness (QED) is 0.287. The van der Waals surface area contributed by atoms with Crippen LogP contribution in [-0.2, 0) is 9.59 Å². The minimum atomic E-state index is -0.768. The number of ketones is 1. The molecule has 0 radical (unpaired) electrons. The fourth-order valence-electron chi connectivity index (χ4n) is 3.96. The number of rotatable bonds is 4. The second kappa shape index (κ2) is 8.64. The molecule has 1 saturated heterocycles. The molecule has 1 atom stereocenters.